The van der Waals surface area contributed by atoms with E-state index in [1.807, 2.05) is 12.3 Å². The van der Waals surface area contributed by atoms with Gasteiger partial charge in [-0.1, -0.05) is 34.1 Å². The van der Waals surface area contributed by atoms with Crippen LogP contribution in [0.4, 0.5) is 5.69 Å². The van der Waals surface area contributed by atoms with E-state index in [9.17, 15) is 0 Å². The minimum absolute atomic E-state index is 0.626. The van der Waals surface area contributed by atoms with E-state index in [1.54, 1.807) is 0 Å². The zero-order valence-corrected chi connectivity index (χ0v) is 11.2. The average Bonchev–Trinajstić information content (AvgIpc) is 2.86. The Morgan fingerprint density at radius 3 is 3.06 bits per heavy atom. The van der Waals surface area contributed by atoms with Crippen LogP contribution < -0.4 is 4.90 Å². The Kier molecular flexibility index (Phi) is 3.02. The van der Waals surface area contributed by atoms with Crippen LogP contribution >= 0.6 is 15.9 Å². The van der Waals surface area contributed by atoms with Crippen molar-refractivity contribution in [3.05, 3.63) is 36.5 Å². The molecule has 2 nitrogen and oxygen atoms in total. The van der Waals surface area contributed by atoms with Gasteiger partial charge in [0, 0.05) is 35.2 Å². The summed E-state index contributed by atoms with van der Waals surface area (Å²) < 4.78 is 0. The monoisotopic (exact) mass is 290 g/mol. The molecule has 1 unspecified atom stereocenters. The van der Waals surface area contributed by atoms with Gasteiger partial charge in [0.2, 0.25) is 0 Å². The van der Waals surface area contributed by atoms with E-state index < -0.39 is 0 Å². The van der Waals surface area contributed by atoms with Gasteiger partial charge in [0.1, 0.15) is 0 Å². The molecule has 1 fully saturated rings. The van der Waals surface area contributed by atoms with Gasteiger partial charge >= 0.3 is 0 Å². The lowest BCUT2D eigenvalue weighted by Crippen LogP contribution is -2.30. The van der Waals surface area contributed by atoms with Crippen LogP contribution in [-0.4, -0.2) is 22.9 Å². The molecule has 1 aliphatic rings. The summed E-state index contributed by atoms with van der Waals surface area (Å²) in [6.07, 6.45) is 4.48. The fourth-order valence-corrected chi connectivity index (χ4v) is 3.32. The van der Waals surface area contributed by atoms with Crippen molar-refractivity contribution < 1.29 is 0 Å². The van der Waals surface area contributed by atoms with Gasteiger partial charge in [-0.3, -0.25) is 4.98 Å². The van der Waals surface area contributed by atoms with Gasteiger partial charge in [0.15, 0.2) is 0 Å². The van der Waals surface area contributed by atoms with E-state index in [4.69, 9.17) is 0 Å². The number of benzene rings is 1. The predicted octanol–water partition coefficient (Wildman–Crippen LogP) is 3.60. The van der Waals surface area contributed by atoms with Crippen molar-refractivity contribution in [2.24, 2.45) is 0 Å². The maximum atomic E-state index is 4.43. The van der Waals surface area contributed by atoms with Crippen molar-refractivity contribution in [2.75, 3.05) is 16.8 Å². The number of fused-ring (bicyclic) bond motifs is 1. The maximum Gasteiger partial charge on any atom is 0.0722 e. The number of halogens is 1. The number of hydrogen-bond donors (Lipinski definition) is 0. The molecule has 1 aliphatic heterocycles. The summed E-state index contributed by atoms with van der Waals surface area (Å²) in [4.78, 5) is 6.94. The first-order valence-corrected chi connectivity index (χ1v) is 7.18. The molecule has 0 radical (unpaired) electrons. The van der Waals surface area contributed by atoms with Crippen molar-refractivity contribution in [1.82, 2.24) is 4.98 Å². The quantitative estimate of drug-likeness (QED) is 0.786. The van der Waals surface area contributed by atoms with E-state index in [0.717, 1.165) is 17.4 Å². The maximum absolute atomic E-state index is 4.43. The van der Waals surface area contributed by atoms with E-state index in [1.165, 1.54) is 23.9 Å². The third-order valence-corrected chi connectivity index (χ3v) is 4.24. The molecular formula is C14H15BrN2. The Bertz CT molecular complexity index is 521. The SMILES string of the molecule is BrCC1CCCN1c1ccnc2ccccc12. The summed E-state index contributed by atoms with van der Waals surface area (Å²) in [5.74, 6) is 0. The van der Waals surface area contributed by atoms with Crippen LogP contribution in [0.15, 0.2) is 36.5 Å². The Morgan fingerprint density at radius 2 is 2.18 bits per heavy atom. The number of rotatable bonds is 2. The molecule has 1 aromatic carbocycles. The number of aromatic nitrogens is 1. The molecule has 0 bridgehead atoms. The molecule has 1 aromatic heterocycles. The number of para-hydroxylation sites is 1. The normalized spacial score (nSPS) is 20.1. The van der Waals surface area contributed by atoms with Crippen molar-refractivity contribution in [3.8, 4) is 0 Å². The number of pyridine rings is 1. The second-order valence-electron chi connectivity index (χ2n) is 4.49. The summed E-state index contributed by atoms with van der Waals surface area (Å²) in [5.41, 5.74) is 2.42. The number of alkyl halides is 1. The molecule has 0 aliphatic carbocycles. The van der Waals surface area contributed by atoms with Crippen LogP contribution in [0.1, 0.15) is 12.8 Å². The number of hydrogen-bond acceptors (Lipinski definition) is 2. The average molecular weight is 291 g/mol. The molecule has 2 aromatic rings. The predicted molar refractivity (Wildman–Crippen MR) is 75.9 cm³/mol. The molecule has 88 valence electrons. The van der Waals surface area contributed by atoms with Crippen molar-refractivity contribution in [3.63, 3.8) is 0 Å². The highest BCUT2D eigenvalue weighted by Gasteiger charge is 2.24. The first-order chi connectivity index (χ1) is 8.40. The summed E-state index contributed by atoms with van der Waals surface area (Å²) in [5, 5.41) is 2.31. The summed E-state index contributed by atoms with van der Waals surface area (Å²) in [6, 6.07) is 11.2. The highest BCUT2D eigenvalue weighted by molar-refractivity contribution is 9.09. The lowest BCUT2D eigenvalue weighted by atomic mass is 10.1. The summed E-state index contributed by atoms with van der Waals surface area (Å²) in [6.45, 7) is 1.16. The Hall–Kier alpha value is -1.09. The van der Waals surface area contributed by atoms with Crippen molar-refractivity contribution in [2.45, 2.75) is 18.9 Å². The topological polar surface area (TPSA) is 16.1 Å². The smallest absolute Gasteiger partial charge is 0.0722 e. The van der Waals surface area contributed by atoms with Crippen LogP contribution in [0.5, 0.6) is 0 Å². The largest absolute Gasteiger partial charge is 0.367 e. The van der Waals surface area contributed by atoms with E-state index in [-0.39, 0.29) is 0 Å². The first-order valence-electron chi connectivity index (χ1n) is 6.06. The molecule has 0 saturated carbocycles. The third kappa shape index (κ3) is 1.93. The fraction of sp³-hybridized carbons (Fsp3) is 0.357. The Balaban J connectivity index is 2.10. The molecule has 1 atom stereocenters. The van der Waals surface area contributed by atoms with Crippen LogP contribution in [0, 0.1) is 0 Å². The number of nitrogens with zero attached hydrogens (tertiary/aromatic N) is 2. The molecule has 0 amide bonds. The highest BCUT2D eigenvalue weighted by Crippen LogP contribution is 2.31. The second kappa shape index (κ2) is 4.65. The molecule has 3 rings (SSSR count). The lowest BCUT2D eigenvalue weighted by molar-refractivity contribution is 0.751. The molecule has 1 saturated heterocycles. The van der Waals surface area contributed by atoms with E-state index >= 15 is 0 Å². The van der Waals surface area contributed by atoms with Gasteiger partial charge in [0.05, 0.1) is 5.52 Å². The molecule has 0 spiro atoms. The van der Waals surface area contributed by atoms with Gasteiger partial charge < -0.3 is 4.90 Å². The summed E-state index contributed by atoms with van der Waals surface area (Å²) >= 11 is 3.62. The molecule has 17 heavy (non-hydrogen) atoms. The van der Waals surface area contributed by atoms with Gasteiger partial charge in [-0.2, -0.15) is 0 Å². The fourth-order valence-electron chi connectivity index (χ4n) is 2.64. The minimum Gasteiger partial charge on any atom is -0.367 e. The molecule has 2 heterocycles. The van der Waals surface area contributed by atoms with E-state index in [2.05, 4.69) is 50.1 Å². The second-order valence-corrected chi connectivity index (χ2v) is 5.14. The summed E-state index contributed by atoms with van der Waals surface area (Å²) in [7, 11) is 0. The number of anilines is 1. The first kappa shape index (κ1) is 11.0. The molecular weight excluding hydrogens is 276 g/mol. The zero-order valence-electron chi connectivity index (χ0n) is 9.64. The van der Waals surface area contributed by atoms with Crippen LogP contribution in [0.2, 0.25) is 0 Å². The Labute approximate surface area is 110 Å². The third-order valence-electron chi connectivity index (χ3n) is 3.49. The van der Waals surface area contributed by atoms with Gasteiger partial charge in [-0.25, -0.2) is 0 Å². The van der Waals surface area contributed by atoms with Crippen molar-refractivity contribution >= 4 is 32.5 Å². The highest BCUT2D eigenvalue weighted by atomic mass is 79.9. The van der Waals surface area contributed by atoms with E-state index in [0.29, 0.717) is 6.04 Å². The minimum atomic E-state index is 0.626. The molecule has 0 N–H and O–H groups in total. The van der Waals surface area contributed by atoms with Gasteiger partial charge in [0.25, 0.3) is 0 Å². The van der Waals surface area contributed by atoms with Crippen LogP contribution in [0.25, 0.3) is 10.9 Å². The van der Waals surface area contributed by atoms with Crippen molar-refractivity contribution in [1.29, 1.82) is 0 Å². The Morgan fingerprint density at radius 1 is 1.29 bits per heavy atom. The van der Waals surface area contributed by atoms with Crippen LogP contribution in [0.3, 0.4) is 0 Å². The van der Waals surface area contributed by atoms with Gasteiger partial charge in [-0.15, -0.1) is 0 Å². The van der Waals surface area contributed by atoms with Crippen LogP contribution in [-0.2, 0) is 0 Å². The van der Waals surface area contributed by atoms with Gasteiger partial charge in [-0.05, 0) is 25.0 Å². The standard InChI is InChI=1S/C14H15BrN2/c15-10-11-4-3-9-17(11)14-7-8-16-13-6-2-1-5-12(13)14/h1-2,5-8,11H,3-4,9-10H2. The zero-order chi connectivity index (χ0) is 11.7. The lowest BCUT2D eigenvalue weighted by Gasteiger charge is -2.26. The molecule has 3 heteroatoms.